The Hall–Kier alpha value is -1.48. The van der Waals surface area contributed by atoms with E-state index >= 15 is 0 Å². The molecule has 3 aromatic rings. The van der Waals surface area contributed by atoms with Gasteiger partial charge in [-0.15, -0.1) is 0 Å². The molecular formula is C24H29P2+. The lowest BCUT2D eigenvalue weighted by Gasteiger charge is -2.36. The normalized spacial score (nSPS) is 12.9. The summed E-state index contributed by atoms with van der Waals surface area (Å²) in [5.74, 6) is 0. The highest BCUT2D eigenvalue weighted by atomic mass is 31.2. The van der Waals surface area contributed by atoms with Crippen LogP contribution in [0.2, 0.25) is 0 Å². The molecule has 26 heavy (non-hydrogen) atoms. The maximum absolute atomic E-state index is 2.53. The van der Waals surface area contributed by atoms with Crippen LogP contribution in [0.5, 0.6) is 0 Å². The molecule has 0 saturated carbocycles. The molecule has 0 aromatic heterocycles. The molecule has 0 aliphatic rings. The van der Waals surface area contributed by atoms with Gasteiger partial charge < -0.3 is 0 Å². The lowest BCUT2D eigenvalue weighted by atomic mass is 10.4. The summed E-state index contributed by atoms with van der Waals surface area (Å²) >= 11 is 0. The van der Waals surface area contributed by atoms with Crippen LogP contribution in [-0.2, 0) is 0 Å². The smallest absolute Gasteiger partial charge is 0.0622 e. The van der Waals surface area contributed by atoms with Crippen molar-refractivity contribution in [2.45, 2.75) is 26.2 Å². The lowest BCUT2D eigenvalue weighted by molar-refractivity contribution is 1.26. The van der Waals surface area contributed by atoms with Gasteiger partial charge in [-0.05, 0) is 51.4 Å². The minimum Gasteiger partial charge on any atom is -0.0622 e. The van der Waals surface area contributed by atoms with Crippen LogP contribution in [0.3, 0.4) is 0 Å². The van der Waals surface area contributed by atoms with Crippen LogP contribution in [0.4, 0.5) is 0 Å². The highest BCUT2D eigenvalue weighted by Crippen LogP contribution is 2.69. The van der Waals surface area contributed by atoms with Gasteiger partial charge in [0.15, 0.2) is 0 Å². The van der Waals surface area contributed by atoms with Crippen LogP contribution in [0.1, 0.15) is 20.8 Å². The topological polar surface area (TPSA) is 0 Å². The van der Waals surface area contributed by atoms with Crippen molar-refractivity contribution in [3.63, 3.8) is 0 Å². The molecule has 0 saturated heterocycles. The van der Waals surface area contributed by atoms with Gasteiger partial charge in [-0.25, -0.2) is 0 Å². The van der Waals surface area contributed by atoms with Crippen molar-refractivity contribution in [1.82, 2.24) is 0 Å². The summed E-state index contributed by atoms with van der Waals surface area (Å²) < 4.78 is 0. The highest BCUT2D eigenvalue weighted by Gasteiger charge is 2.46. The zero-order chi connectivity index (χ0) is 18.4. The van der Waals surface area contributed by atoms with E-state index in [1.54, 1.807) is 5.30 Å². The molecule has 0 N–H and O–H groups in total. The first-order chi connectivity index (χ1) is 12.7. The fraction of sp³-hybridized carbons (Fsp3) is 0.250. The van der Waals surface area contributed by atoms with E-state index in [0.29, 0.717) is 5.40 Å². The van der Waals surface area contributed by atoms with Gasteiger partial charge in [-0.1, -0.05) is 78.9 Å². The summed E-state index contributed by atoms with van der Waals surface area (Å²) in [6, 6.07) is 33.7. The van der Waals surface area contributed by atoms with Crippen molar-refractivity contribution in [3.05, 3.63) is 91.0 Å². The Labute approximate surface area is 160 Å². The second-order valence-electron chi connectivity index (χ2n) is 6.68. The third-order valence-electron chi connectivity index (χ3n) is 5.56. The third-order valence-corrected chi connectivity index (χ3v) is 15.0. The molecule has 134 valence electrons. The van der Waals surface area contributed by atoms with Gasteiger partial charge in [0.25, 0.3) is 0 Å². The molecule has 1 unspecified atom stereocenters. The molecule has 2 heteroatoms. The van der Waals surface area contributed by atoms with Crippen LogP contribution >= 0.6 is 15.2 Å². The van der Waals surface area contributed by atoms with E-state index in [-0.39, 0.29) is 7.92 Å². The zero-order valence-corrected chi connectivity index (χ0v) is 17.8. The quantitative estimate of drug-likeness (QED) is 0.452. The number of hydrogen-bond acceptors (Lipinski definition) is 0. The van der Waals surface area contributed by atoms with Crippen LogP contribution < -0.4 is 15.9 Å². The second kappa shape index (κ2) is 8.94. The molecule has 0 heterocycles. The first-order valence-corrected chi connectivity index (χ1v) is 13.2. The maximum Gasteiger partial charge on any atom is 0.0979 e. The first kappa shape index (κ1) is 19.3. The Morgan fingerprint density at radius 2 is 1.04 bits per heavy atom. The molecule has 3 aromatic carbocycles. The lowest BCUT2D eigenvalue weighted by Crippen LogP contribution is -2.29. The van der Waals surface area contributed by atoms with Crippen molar-refractivity contribution in [2.75, 3.05) is 12.3 Å². The molecule has 1 atom stereocenters. The van der Waals surface area contributed by atoms with Crippen LogP contribution in [0.25, 0.3) is 0 Å². The molecule has 0 amide bonds. The van der Waals surface area contributed by atoms with Crippen LogP contribution in [0, 0.1) is 0 Å². The van der Waals surface area contributed by atoms with Crippen LogP contribution in [0.15, 0.2) is 91.0 Å². The summed E-state index contributed by atoms with van der Waals surface area (Å²) in [5.41, 5.74) is 0. The minimum atomic E-state index is -1.26. The predicted octanol–water partition coefficient (Wildman–Crippen LogP) is 5.85. The second-order valence-corrected chi connectivity index (χ2v) is 14.3. The monoisotopic (exact) mass is 379 g/mol. The fourth-order valence-corrected chi connectivity index (χ4v) is 13.6. The summed E-state index contributed by atoms with van der Waals surface area (Å²) in [7, 11) is -1.65. The predicted molar refractivity (Wildman–Crippen MR) is 123 cm³/mol. The van der Waals surface area contributed by atoms with E-state index in [0.717, 1.165) is 0 Å². The van der Waals surface area contributed by atoms with E-state index < -0.39 is 7.26 Å². The van der Waals surface area contributed by atoms with E-state index in [1.807, 2.05) is 0 Å². The zero-order valence-electron chi connectivity index (χ0n) is 16.0. The van der Waals surface area contributed by atoms with Crippen molar-refractivity contribution in [3.8, 4) is 0 Å². The number of benzene rings is 3. The average molecular weight is 379 g/mol. The van der Waals surface area contributed by atoms with Gasteiger partial charge >= 0.3 is 0 Å². The first-order valence-electron chi connectivity index (χ1n) is 9.54. The van der Waals surface area contributed by atoms with Gasteiger partial charge in [0.1, 0.15) is 0 Å². The summed E-state index contributed by atoms with van der Waals surface area (Å²) in [4.78, 5) is 0. The van der Waals surface area contributed by atoms with Crippen molar-refractivity contribution in [1.29, 1.82) is 0 Å². The molecule has 0 radical (unpaired) electrons. The van der Waals surface area contributed by atoms with Crippen LogP contribution in [-0.4, -0.2) is 17.7 Å². The highest BCUT2D eigenvalue weighted by molar-refractivity contribution is 7.95. The van der Waals surface area contributed by atoms with Gasteiger partial charge in [-0.3, -0.25) is 0 Å². The molecule has 0 aliphatic carbocycles. The Bertz CT molecular complexity index is 741. The minimum absolute atomic E-state index is 0.386. The SMILES string of the molecule is CC[P+](CC)(c1ccccc1)C(C)P(c1ccccc1)c1ccccc1. The van der Waals surface area contributed by atoms with Gasteiger partial charge in [0.2, 0.25) is 0 Å². The van der Waals surface area contributed by atoms with Crippen molar-refractivity contribution in [2.24, 2.45) is 0 Å². The van der Waals surface area contributed by atoms with Gasteiger partial charge in [0, 0.05) is 0 Å². The Morgan fingerprint density at radius 1 is 0.654 bits per heavy atom. The number of hydrogen-bond donors (Lipinski definition) is 0. The Balaban J connectivity index is 2.13. The van der Waals surface area contributed by atoms with E-state index in [4.69, 9.17) is 0 Å². The molecule has 0 fully saturated rings. The maximum atomic E-state index is 2.53. The molecule has 3 rings (SSSR count). The molecule has 0 nitrogen and oxygen atoms in total. The summed E-state index contributed by atoms with van der Waals surface area (Å²) in [6.45, 7) is 7.34. The fourth-order valence-electron chi connectivity index (χ4n) is 4.04. The number of rotatable bonds is 7. The van der Waals surface area contributed by atoms with Crippen molar-refractivity contribution < 1.29 is 0 Å². The summed E-state index contributed by atoms with van der Waals surface area (Å²) in [6.07, 6.45) is 2.54. The summed E-state index contributed by atoms with van der Waals surface area (Å²) in [5, 5.41) is 5.27. The van der Waals surface area contributed by atoms with Gasteiger partial charge in [0.05, 0.1) is 30.3 Å². The van der Waals surface area contributed by atoms with Crippen molar-refractivity contribution >= 4 is 31.1 Å². The third kappa shape index (κ3) is 3.78. The molecule has 0 bridgehead atoms. The molecular weight excluding hydrogens is 350 g/mol. The Morgan fingerprint density at radius 3 is 1.42 bits per heavy atom. The largest absolute Gasteiger partial charge is 0.0979 e. The van der Waals surface area contributed by atoms with E-state index in [9.17, 15) is 0 Å². The standard InChI is InChI=1S/C24H29P2/c1-4-26(5-2,24-19-13-8-14-20-24)21(3)25(22-15-9-6-10-16-22)23-17-11-7-12-18-23/h6-21H,4-5H2,1-3H3/q+1. The van der Waals surface area contributed by atoms with Gasteiger partial charge in [-0.2, -0.15) is 0 Å². The van der Waals surface area contributed by atoms with E-state index in [1.165, 1.54) is 22.9 Å². The molecule has 0 aliphatic heterocycles. The molecule has 0 spiro atoms. The van der Waals surface area contributed by atoms with E-state index in [2.05, 4.69) is 112 Å². The average Bonchev–Trinajstić information content (AvgIpc) is 2.72. The Kier molecular flexibility index (Phi) is 6.63.